The van der Waals surface area contributed by atoms with Crippen LogP contribution in [0.25, 0.3) is 0 Å². The summed E-state index contributed by atoms with van der Waals surface area (Å²) in [6.45, 7) is 7.35. The van der Waals surface area contributed by atoms with E-state index in [9.17, 15) is 8.42 Å². The van der Waals surface area contributed by atoms with Crippen molar-refractivity contribution in [3.8, 4) is 0 Å². The van der Waals surface area contributed by atoms with E-state index < -0.39 is 14.6 Å². The second-order valence-electron chi connectivity index (χ2n) is 7.28. The fraction of sp³-hybridized carbons (Fsp3) is 0.750. The summed E-state index contributed by atoms with van der Waals surface area (Å²) in [5, 5.41) is 7.43. The molecule has 1 aromatic rings. The van der Waals surface area contributed by atoms with Crippen LogP contribution in [-0.4, -0.2) is 66.2 Å². The molecule has 0 radical (unpaired) electrons. The van der Waals surface area contributed by atoms with Crippen LogP contribution in [0.4, 0.5) is 0 Å². The van der Waals surface area contributed by atoms with Crippen molar-refractivity contribution in [1.82, 2.24) is 20.0 Å². The van der Waals surface area contributed by atoms with Crippen LogP contribution in [-0.2, 0) is 16.9 Å². The molecule has 1 unspecified atom stereocenters. The molecule has 0 amide bonds. The molecule has 25 heavy (non-hydrogen) atoms. The number of nitrogens with zero attached hydrogens (tertiary/aromatic N) is 4. The summed E-state index contributed by atoms with van der Waals surface area (Å²) in [7, 11) is 0.534. The highest BCUT2D eigenvalue weighted by molar-refractivity contribution is 14.0. The van der Waals surface area contributed by atoms with Gasteiger partial charge in [-0.15, -0.1) is 24.0 Å². The van der Waals surface area contributed by atoms with Gasteiger partial charge < -0.3 is 10.2 Å². The molecule has 1 aliphatic rings. The molecule has 1 saturated heterocycles. The second kappa shape index (κ2) is 8.70. The van der Waals surface area contributed by atoms with E-state index in [1.54, 1.807) is 27.8 Å². The first-order valence-electron chi connectivity index (χ1n) is 8.30. The van der Waals surface area contributed by atoms with Gasteiger partial charge in [0, 0.05) is 45.8 Å². The van der Waals surface area contributed by atoms with Crippen LogP contribution in [0.5, 0.6) is 0 Å². The van der Waals surface area contributed by atoms with Crippen molar-refractivity contribution in [3.05, 3.63) is 18.0 Å². The lowest BCUT2D eigenvalue weighted by Gasteiger charge is -2.23. The van der Waals surface area contributed by atoms with Gasteiger partial charge in [0.15, 0.2) is 15.8 Å². The number of hydrogen-bond donors (Lipinski definition) is 1. The topological polar surface area (TPSA) is 79.6 Å². The van der Waals surface area contributed by atoms with Crippen molar-refractivity contribution < 1.29 is 8.42 Å². The van der Waals surface area contributed by atoms with E-state index in [1.807, 2.05) is 17.9 Å². The zero-order valence-electron chi connectivity index (χ0n) is 15.7. The van der Waals surface area contributed by atoms with Gasteiger partial charge in [-0.25, -0.2) is 8.42 Å². The van der Waals surface area contributed by atoms with Gasteiger partial charge in [-0.1, -0.05) is 0 Å². The van der Waals surface area contributed by atoms with Crippen LogP contribution < -0.4 is 5.32 Å². The number of hydrogen-bond acceptors (Lipinski definition) is 4. The summed E-state index contributed by atoms with van der Waals surface area (Å²) in [4.78, 5) is 6.48. The molecule has 0 aliphatic carbocycles. The average Bonchev–Trinajstić information content (AvgIpc) is 3.11. The van der Waals surface area contributed by atoms with Crippen molar-refractivity contribution >= 4 is 39.8 Å². The van der Waals surface area contributed by atoms with Crippen molar-refractivity contribution in [3.63, 3.8) is 0 Å². The lowest BCUT2D eigenvalue weighted by atomic mass is 10.0. The van der Waals surface area contributed by atoms with E-state index in [0.29, 0.717) is 12.5 Å². The van der Waals surface area contributed by atoms with Crippen LogP contribution in [0.3, 0.4) is 0 Å². The first kappa shape index (κ1) is 22.2. The predicted molar refractivity (Wildman–Crippen MR) is 112 cm³/mol. The number of likely N-dealkylation sites (tertiary alicyclic amines) is 1. The molecule has 2 heterocycles. The van der Waals surface area contributed by atoms with E-state index in [1.165, 1.54) is 5.56 Å². The van der Waals surface area contributed by atoms with E-state index in [-0.39, 0.29) is 29.7 Å². The van der Waals surface area contributed by atoms with E-state index in [0.717, 1.165) is 25.5 Å². The van der Waals surface area contributed by atoms with Crippen LogP contribution in [0.2, 0.25) is 0 Å². The maximum Gasteiger partial charge on any atom is 0.193 e. The summed E-state index contributed by atoms with van der Waals surface area (Å²) in [6.07, 6.45) is 5.02. The number of guanidine groups is 1. The minimum atomic E-state index is -3.12. The molecule has 1 N–H and O–H groups in total. The molecule has 1 fully saturated rings. The van der Waals surface area contributed by atoms with Gasteiger partial charge in [-0.3, -0.25) is 9.67 Å². The number of aromatic nitrogens is 2. The first-order valence-corrected chi connectivity index (χ1v) is 9.95. The smallest absolute Gasteiger partial charge is 0.193 e. The zero-order chi connectivity index (χ0) is 18.0. The number of aliphatic imine (C=N–C) groups is 1. The third-order valence-corrected chi connectivity index (χ3v) is 7.09. The third-order valence-electron chi connectivity index (χ3n) is 4.48. The Balaban J connectivity index is 0.00000312. The van der Waals surface area contributed by atoms with Gasteiger partial charge in [-0.05, 0) is 32.8 Å². The highest BCUT2D eigenvalue weighted by Gasteiger charge is 2.30. The lowest BCUT2D eigenvalue weighted by Crippen LogP contribution is -2.43. The fourth-order valence-corrected chi connectivity index (χ4v) is 3.79. The highest BCUT2D eigenvalue weighted by Crippen LogP contribution is 2.26. The van der Waals surface area contributed by atoms with Gasteiger partial charge in [0.25, 0.3) is 0 Å². The van der Waals surface area contributed by atoms with Gasteiger partial charge in [0.05, 0.1) is 16.7 Å². The maximum absolute atomic E-state index is 12.2. The van der Waals surface area contributed by atoms with Crippen molar-refractivity contribution in [2.75, 3.05) is 32.4 Å². The minimum Gasteiger partial charge on any atom is -0.355 e. The summed E-state index contributed by atoms with van der Waals surface area (Å²) in [5.41, 5.74) is 1.24. The normalized spacial score (nSPS) is 19.0. The second-order valence-corrected chi connectivity index (χ2v) is 10.1. The van der Waals surface area contributed by atoms with Crippen LogP contribution in [0.1, 0.15) is 38.7 Å². The monoisotopic (exact) mass is 483 g/mol. The Labute approximate surface area is 168 Å². The molecule has 0 bridgehead atoms. The minimum absolute atomic E-state index is 0. The quantitative estimate of drug-likeness (QED) is 0.400. The van der Waals surface area contributed by atoms with Crippen molar-refractivity contribution in [2.24, 2.45) is 12.0 Å². The van der Waals surface area contributed by atoms with Gasteiger partial charge in [0.2, 0.25) is 0 Å². The van der Waals surface area contributed by atoms with E-state index in [4.69, 9.17) is 0 Å². The molecular formula is C16H30IN5O2S. The Kier molecular flexibility index (Phi) is 7.72. The molecule has 9 heteroatoms. The Morgan fingerprint density at radius 3 is 2.64 bits per heavy atom. The van der Waals surface area contributed by atoms with E-state index >= 15 is 0 Å². The molecule has 1 aromatic heterocycles. The molecular weight excluding hydrogens is 453 g/mol. The Morgan fingerprint density at radius 2 is 2.12 bits per heavy atom. The number of sulfone groups is 1. The molecule has 0 saturated carbocycles. The first-order chi connectivity index (χ1) is 11.1. The Hall–Kier alpha value is -0.840. The van der Waals surface area contributed by atoms with E-state index in [2.05, 4.69) is 26.5 Å². The standard InChI is InChI=1S/C16H29N5O2S.HI/c1-16(2,3)24(22,23)9-7-18-15(17-4)21-8-6-13(12-21)14-10-19-20(5)11-14;/h10-11,13H,6-9,12H2,1-5H3,(H,17,18);1H. The molecule has 1 atom stereocenters. The van der Waals surface area contributed by atoms with Crippen molar-refractivity contribution in [1.29, 1.82) is 0 Å². The summed E-state index contributed by atoms with van der Waals surface area (Å²) >= 11 is 0. The largest absolute Gasteiger partial charge is 0.355 e. The van der Waals surface area contributed by atoms with Gasteiger partial charge >= 0.3 is 0 Å². The summed E-state index contributed by atoms with van der Waals surface area (Å²) in [5.74, 6) is 1.32. The number of rotatable bonds is 4. The number of aryl methyl sites for hydroxylation is 1. The third kappa shape index (κ3) is 5.57. The fourth-order valence-electron chi connectivity index (χ4n) is 2.81. The lowest BCUT2D eigenvalue weighted by molar-refractivity contribution is 0.487. The molecule has 0 aromatic carbocycles. The number of nitrogens with one attached hydrogen (secondary N) is 1. The van der Waals surface area contributed by atoms with Crippen LogP contribution in [0.15, 0.2) is 17.4 Å². The molecule has 1 aliphatic heterocycles. The maximum atomic E-state index is 12.2. The average molecular weight is 483 g/mol. The molecule has 144 valence electrons. The zero-order valence-corrected chi connectivity index (χ0v) is 18.8. The predicted octanol–water partition coefficient (Wildman–Crippen LogP) is 1.62. The van der Waals surface area contributed by atoms with Crippen LogP contribution >= 0.6 is 24.0 Å². The molecule has 7 nitrogen and oxygen atoms in total. The Bertz CT molecular complexity index is 694. The summed E-state index contributed by atoms with van der Waals surface area (Å²) in [6, 6.07) is 0. The van der Waals surface area contributed by atoms with Crippen LogP contribution in [0, 0.1) is 0 Å². The Morgan fingerprint density at radius 1 is 1.44 bits per heavy atom. The van der Waals surface area contributed by atoms with Gasteiger partial charge in [0.1, 0.15) is 0 Å². The summed E-state index contributed by atoms with van der Waals surface area (Å²) < 4.78 is 25.5. The SMILES string of the molecule is CN=C(NCCS(=O)(=O)C(C)(C)C)N1CCC(c2cnn(C)c2)C1.I. The van der Waals surface area contributed by atoms with Gasteiger partial charge in [-0.2, -0.15) is 5.10 Å². The molecule has 0 spiro atoms. The highest BCUT2D eigenvalue weighted by atomic mass is 127. The van der Waals surface area contributed by atoms with Crippen molar-refractivity contribution in [2.45, 2.75) is 37.9 Å². The molecule has 2 rings (SSSR count). The number of halogens is 1.